The average Bonchev–Trinajstić information content (AvgIpc) is 2.31. The minimum atomic E-state index is -0.856. The van der Waals surface area contributed by atoms with Crippen LogP contribution in [0.25, 0.3) is 11.3 Å². The fourth-order valence-electron chi connectivity index (χ4n) is 1.87. The summed E-state index contributed by atoms with van der Waals surface area (Å²) in [6, 6.07) is 2.44. The molecule has 2 N–H and O–H groups in total. The normalized spacial score (nSPS) is 16.0. The first-order chi connectivity index (χ1) is 8.04. The Labute approximate surface area is 99.0 Å². The third kappa shape index (κ3) is 1.96. The van der Waals surface area contributed by atoms with Crippen LogP contribution in [-0.2, 0) is 0 Å². The number of halogens is 2. The standard InChI is InChI=1S/C13H14F2N2/c1-7(16-3)11-6-17-8(2)9-4-12(14)13(15)5-10(9)11/h4-7,16-17H,2H2,1,3H3. The Hall–Kier alpha value is -1.68. The molecule has 1 aromatic carbocycles. The van der Waals surface area contributed by atoms with Gasteiger partial charge in [0, 0.05) is 23.5 Å². The number of benzene rings is 1. The first-order valence-corrected chi connectivity index (χ1v) is 5.37. The van der Waals surface area contributed by atoms with Gasteiger partial charge in [0.25, 0.3) is 0 Å². The lowest BCUT2D eigenvalue weighted by Crippen LogP contribution is -2.27. The molecule has 90 valence electrons. The number of hydrogen-bond donors (Lipinski definition) is 2. The molecule has 0 spiro atoms. The lowest BCUT2D eigenvalue weighted by atomic mass is 9.91. The first kappa shape index (κ1) is 11.8. The first-order valence-electron chi connectivity index (χ1n) is 5.37. The van der Waals surface area contributed by atoms with Crippen LogP contribution in [0.4, 0.5) is 8.78 Å². The van der Waals surface area contributed by atoms with Crippen molar-refractivity contribution in [2.45, 2.75) is 13.0 Å². The quantitative estimate of drug-likeness (QED) is 0.824. The van der Waals surface area contributed by atoms with Crippen LogP contribution < -0.4 is 10.6 Å². The summed E-state index contributed by atoms with van der Waals surface area (Å²) in [6.07, 6.45) is 1.77. The van der Waals surface area contributed by atoms with Gasteiger partial charge in [-0.1, -0.05) is 6.58 Å². The van der Waals surface area contributed by atoms with Crippen LogP contribution in [0.15, 0.2) is 24.9 Å². The van der Waals surface area contributed by atoms with Gasteiger partial charge in [-0.2, -0.15) is 0 Å². The van der Waals surface area contributed by atoms with Gasteiger partial charge < -0.3 is 10.6 Å². The van der Waals surface area contributed by atoms with Gasteiger partial charge in [0.15, 0.2) is 11.6 Å². The highest BCUT2D eigenvalue weighted by Gasteiger charge is 2.21. The van der Waals surface area contributed by atoms with Crippen molar-refractivity contribution < 1.29 is 8.78 Å². The van der Waals surface area contributed by atoms with Crippen molar-refractivity contribution in [3.8, 4) is 0 Å². The maximum atomic E-state index is 13.3. The van der Waals surface area contributed by atoms with E-state index in [-0.39, 0.29) is 6.04 Å². The third-order valence-electron chi connectivity index (χ3n) is 3.00. The fraction of sp³-hybridized carbons (Fsp3) is 0.231. The van der Waals surface area contributed by atoms with Crippen LogP contribution in [0.2, 0.25) is 0 Å². The molecule has 1 aromatic rings. The van der Waals surface area contributed by atoms with Gasteiger partial charge in [0.2, 0.25) is 0 Å². The van der Waals surface area contributed by atoms with Crippen LogP contribution in [-0.4, -0.2) is 13.1 Å². The molecule has 0 radical (unpaired) electrons. The summed E-state index contributed by atoms with van der Waals surface area (Å²) in [4.78, 5) is 0. The maximum absolute atomic E-state index is 13.3. The summed E-state index contributed by atoms with van der Waals surface area (Å²) in [5, 5.41) is 6.03. The van der Waals surface area contributed by atoms with Gasteiger partial charge in [-0.15, -0.1) is 0 Å². The second-order valence-corrected chi connectivity index (χ2v) is 4.04. The molecule has 1 atom stereocenters. The molecule has 1 aliphatic rings. The Kier molecular flexibility index (Phi) is 2.98. The number of rotatable bonds is 2. The molecule has 2 rings (SSSR count). The van der Waals surface area contributed by atoms with E-state index in [1.54, 1.807) is 6.20 Å². The monoisotopic (exact) mass is 236 g/mol. The summed E-state index contributed by atoms with van der Waals surface area (Å²) in [5.74, 6) is -1.70. The van der Waals surface area contributed by atoms with E-state index in [2.05, 4.69) is 17.2 Å². The Morgan fingerprint density at radius 2 is 1.82 bits per heavy atom. The van der Waals surface area contributed by atoms with E-state index < -0.39 is 11.6 Å². The van der Waals surface area contributed by atoms with Crippen molar-refractivity contribution in [2.24, 2.45) is 0 Å². The minimum Gasteiger partial charge on any atom is -0.361 e. The number of fused-ring (bicyclic) bond motifs is 1. The Balaban J connectivity index is 2.59. The molecule has 0 amide bonds. The van der Waals surface area contributed by atoms with Crippen LogP contribution in [0.3, 0.4) is 0 Å². The third-order valence-corrected chi connectivity index (χ3v) is 3.00. The maximum Gasteiger partial charge on any atom is 0.159 e. The average molecular weight is 236 g/mol. The Morgan fingerprint density at radius 1 is 1.24 bits per heavy atom. The molecule has 0 fully saturated rings. The number of nitrogens with one attached hydrogen (secondary N) is 2. The van der Waals surface area contributed by atoms with Gasteiger partial charge in [-0.05, 0) is 37.2 Å². The predicted molar refractivity (Wildman–Crippen MR) is 65.0 cm³/mol. The molecule has 0 aliphatic carbocycles. The van der Waals surface area contributed by atoms with Crippen molar-refractivity contribution in [1.29, 1.82) is 0 Å². The smallest absolute Gasteiger partial charge is 0.159 e. The molecule has 2 nitrogen and oxygen atoms in total. The van der Waals surface area contributed by atoms with Crippen LogP contribution >= 0.6 is 0 Å². The predicted octanol–water partition coefficient (Wildman–Crippen LogP) is 2.49. The van der Waals surface area contributed by atoms with Crippen molar-refractivity contribution >= 4 is 11.3 Å². The van der Waals surface area contributed by atoms with Crippen molar-refractivity contribution in [2.75, 3.05) is 7.05 Å². The molecule has 17 heavy (non-hydrogen) atoms. The molecule has 0 bridgehead atoms. The van der Waals surface area contributed by atoms with E-state index in [0.29, 0.717) is 16.8 Å². The van der Waals surface area contributed by atoms with E-state index in [9.17, 15) is 8.78 Å². The number of likely N-dealkylation sites (N-methyl/N-ethyl adjacent to an activating group) is 1. The summed E-state index contributed by atoms with van der Waals surface area (Å²) < 4.78 is 26.5. The van der Waals surface area contributed by atoms with E-state index in [1.165, 1.54) is 12.1 Å². The molecule has 0 saturated heterocycles. The topological polar surface area (TPSA) is 24.1 Å². The fourth-order valence-corrected chi connectivity index (χ4v) is 1.87. The zero-order valence-electron chi connectivity index (χ0n) is 9.77. The summed E-state index contributed by atoms with van der Waals surface area (Å²) in [5.41, 5.74) is 2.73. The van der Waals surface area contributed by atoms with Crippen LogP contribution in [0.1, 0.15) is 18.1 Å². The second-order valence-electron chi connectivity index (χ2n) is 4.04. The van der Waals surface area contributed by atoms with E-state index >= 15 is 0 Å². The molecule has 4 heteroatoms. The van der Waals surface area contributed by atoms with Crippen LogP contribution in [0, 0.1) is 11.6 Å². The molecule has 1 aliphatic heterocycles. The lowest BCUT2D eigenvalue weighted by molar-refractivity contribution is 0.507. The van der Waals surface area contributed by atoms with Crippen molar-refractivity contribution in [3.05, 3.63) is 47.7 Å². The van der Waals surface area contributed by atoms with Gasteiger partial charge in [0.1, 0.15) is 0 Å². The SMILES string of the molecule is C=C1NC=C(C(C)NC)c2cc(F)c(F)cc21. The summed E-state index contributed by atoms with van der Waals surface area (Å²) in [6.45, 7) is 5.73. The summed E-state index contributed by atoms with van der Waals surface area (Å²) >= 11 is 0. The van der Waals surface area contributed by atoms with Gasteiger partial charge >= 0.3 is 0 Å². The molecule has 1 heterocycles. The highest BCUT2D eigenvalue weighted by Crippen LogP contribution is 2.31. The van der Waals surface area contributed by atoms with Crippen molar-refractivity contribution in [3.63, 3.8) is 0 Å². The Bertz CT molecular complexity index is 506. The van der Waals surface area contributed by atoms with Crippen LogP contribution in [0.5, 0.6) is 0 Å². The van der Waals surface area contributed by atoms with Gasteiger partial charge in [-0.25, -0.2) is 8.78 Å². The molecule has 1 unspecified atom stereocenters. The molecule has 0 aromatic heterocycles. The summed E-state index contributed by atoms with van der Waals surface area (Å²) in [7, 11) is 1.81. The van der Waals surface area contributed by atoms with Crippen molar-refractivity contribution in [1.82, 2.24) is 10.6 Å². The Morgan fingerprint density at radius 3 is 2.41 bits per heavy atom. The zero-order valence-corrected chi connectivity index (χ0v) is 9.77. The van der Waals surface area contributed by atoms with E-state index in [4.69, 9.17) is 0 Å². The van der Waals surface area contributed by atoms with E-state index in [1.807, 2.05) is 14.0 Å². The molecule has 0 saturated carbocycles. The molecular formula is C13H14F2N2. The number of hydrogen-bond acceptors (Lipinski definition) is 2. The highest BCUT2D eigenvalue weighted by molar-refractivity contribution is 5.84. The minimum absolute atomic E-state index is 0.0409. The zero-order chi connectivity index (χ0) is 12.6. The second kappa shape index (κ2) is 4.30. The highest BCUT2D eigenvalue weighted by atomic mass is 19.2. The van der Waals surface area contributed by atoms with E-state index in [0.717, 1.165) is 5.57 Å². The van der Waals surface area contributed by atoms with Gasteiger partial charge in [0.05, 0.1) is 0 Å². The largest absolute Gasteiger partial charge is 0.361 e. The van der Waals surface area contributed by atoms with Gasteiger partial charge in [-0.3, -0.25) is 0 Å². The lowest BCUT2D eigenvalue weighted by Gasteiger charge is -2.24. The molecular weight excluding hydrogens is 222 g/mol.